The topological polar surface area (TPSA) is 29.5 Å². The van der Waals surface area contributed by atoms with Gasteiger partial charge in [-0.05, 0) is 58.9 Å². The highest BCUT2D eigenvalue weighted by Crippen LogP contribution is 2.36. The third kappa shape index (κ3) is 6.42. The third-order valence-corrected chi connectivity index (χ3v) is 4.02. The van der Waals surface area contributed by atoms with E-state index < -0.39 is 0 Å². The van der Waals surface area contributed by atoms with Crippen molar-refractivity contribution in [1.29, 1.82) is 0 Å². The second-order valence-electron chi connectivity index (χ2n) is 7.71. The van der Waals surface area contributed by atoms with Gasteiger partial charge in [0.1, 0.15) is 5.60 Å². The van der Waals surface area contributed by atoms with Gasteiger partial charge in [0.2, 0.25) is 0 Å². The molecule has 112 valence electrons. The van der Waals surface area contributed by atoms with E-state index in [0.29, 0.717) is 17.9 Å². The maximum atomic E-state index is 11.7. The normalized spacial score (nSPS) is 20.6. The molecule has 0 aliphatic heterocycles. The van der Waals surface area contributed by atoms with Gasteiger partial charge in [-0.25, -0.2) is 0 Å². The average Bonchev–Trinajstić information content (AvgIpc) is 2.23. The van der Waals surface area contributed by atoms with Crippen LogP contribution in [0.25, 0.3) is 0 Å². The number of hydrogen-bond donors (Lipinski definition) is 0. The van der Waals surface area contributed by atoms with Gasteiger partial charge in [-0.15, -0.1) is 0 Å². The van der Waals surface area contributed by atoms with Crippen LogP contribution in [0.2, 0.25) is 0 Å². The van der Waals surface area contributed by atoms with Crippen LogP contribution >= 0.6 is 0 Å². The van der Waals surface area contributed by atoms with Crippen molar-refractivity contribution in [3.63, 3.8) is 0 Å². The molecule has 1 saturated carbocycles. The van der Waals surface area contributed by atoms with Crippen molar-refractivity contribution in [2.45, 2.75) is 78.4 Å². The lowest BCUT2D eigenvalue weighted by Gasteiger charge is -2.38. The summed E-state index contributed by atoms with van der Waals surface area (Å²) in [5.41, 5.74) is 0.132. The Kier molecular flexibility index (Phi) is 5.43. The first-order valence-electron chi connectivity index (χ1n) is 7.51. The Morgan fingerprint density at radius 2 is 1.79 bits per heavy atom. The Balaban J connectivity index is 2.28. The van der Waals surface area contributed by atoms with Gasteiger partial charge in [0, 0.05) is 12.6 Å². The number of nitrogens with zero attached hydrogens (tertiary/aromatic N) is 1. The summed E-state index contributed by atoms with van der Waals surface area (Å²) in [6, 6.07) is 0.635. The van der Waals surface area contributed by atoms with Crippen LogP contribution in [-0.2, 0) is 9.53 Å². The van der Waals surface area contributed by atoms with Gasteiger partial charge >= 0.3 is 5.97 Å². The number of rotatable bonds is 4. The van der Waals surface area contributed by atoms with Crippen molar-refractivity contribution < 1.29 is 9.53 Å². The van der Waals surface area contributed by atoms with E-state index in [0.717, 1.165) is 6.54 Å². The fourth-order valence-electron chi connectivity index (χ4n) is 2.67. The van der Waals surface area contributed by atoms with Gasteiger partial charge in [-0.2, -0.15) is 0 Å². The summed E-state index contributed by atoms with van der Waals surface area (Å²) in [5, 5.41) is 0. The van der Waals surface area contributed by atoms with Crippen LogP contribution < -0.4 is 0 Å². The summed E-state index contributed by atoms with van der Waals surface area (Å²) >= 11 is 0. The van der Waals surface area contributed by atoms with Crippen LogP contribution in [0.1, 0.15) is 66.7 Å². The SMILES string of the molecule is CN(CCC(=O)OC(C)(C)C)C1CCC(C)(C)CC1. The first-order valence-corrected chi connectivity index (χ1v) is 7.51. The molecular formula is C16H31NO2. The average molecular weight is 269 g/mol. The minimum atomic E-state index is -0.371. The van der Waals surface area contributed by atoms with Gasteiger partial charge in [0.15, 0.2) is 0 Å². The number of esters is 1. The molecule has 3 heteroatoms. The Bertz CT molecular complexity index is 294. The van der Waals surface area contributed by atoms with Gasteiger partial charge in [0.05, 0.1) is 6.42 Å². The zero-order valence-corrected chi connectivity index (χ0v) is 13.6. The molecule has 0 aromatic rings. The van der Waals surface area contributed by atoms with Gasteiger partial charge < -0.3 is 9.64 Å². The molecule has 1 fully saturated rings. The lowest BCUT2D eigenvalue weighted by Crippen LogP contribution is -2.38. The zero-order chi connectivity index (χ0) is 14.7. The van der Waals surface area contributed by atoms with Crippen LogP contribution in [-0.4, -0.2) is 36.1 Å². The van der Waals surface area contributed by atoms with Crippen molar-refractivity contribution in [1.82, 2.24) is 4.90 Å². The summed E-state index contributed by atoms with van der Waals surface area (Å²) in [6.45, 7) is 11.3. The number of carbonyl (C=O) groups is 1. The van der Waals surface area contributed by atoms with Gasteiger partial charge in [-0.3, -0.25) is 4.79 Å². The van der Waals surface area contributed by atoms with Crippen LogP contribution in [0, 0.1) is 5.41 Å². The molecule has 0 aromatic carbocycles. The van der Waals surface area contributed by atoms with Crippen molar-refractivity contribution in [3.8, 4) is 0 Å². The molecule has 1 rings (SSSR count). The van der Waals surface area contributed by atoms with Crippen molar-refractivity contribution >= 4 is 5.97 Å². The Morgan fingerprint density at radius 3 is 2.26 bits per heavy atom. The number of hydrogen-bond acceptors (Lipinski definition) is 3. The highest BCUT2D eigenvalue weighted by atomic mass is 16.6. The van der Waals surface area contributed by atoms with E-state index in [-0.39, 0.29) is 11.6 Å². The molecule has 1 aliphatic carbocycles. The Morgan fingerprint density at radius 1 is 1.26 bits per heavy atom. The second kappa shape index (κ2) is 6.25. The Labute approximate surface area is 118 Å². The monoisotopic (exact) mass is 269 g/mol. The maximum Gasteiger partial charge on any atom is 0.307 e. The van der Waals surface area contributed by atoms with Crippen molar-refractivity contribution in [3.05, 3.63) is 0 Å². The van der Waals surface area contributed by atoms with Crippen LogP contribution in [0.3, 0.4) is 0 Å². The lowest BCUT2D eigenvalue weighted by atomic mass is 9.75. The second-order valence-corrected chi connectivity index (χ2v) is 7.71. The quantitative estimate of drug-likeness (QED) is 0.730. The summed E-state index contributed by atoms with van der Waals surface area (Å²) in [6.07, 6.45) is 5.56. The smallest absolute Gasteiger partial charge is 0.307 e. The van der Waals surface area contributed by atoms with Crippen LogP contribution in [0.15, 0.2) is 0 Å². The standard InChI is InChI=1S/C16H31NO2/c1-15(2,3)19-14(18)9-12-17(6)13-7-10-16(4,5)11-8-13/h13H,7-12H2,1-6H3. The maximum absolute atomic E-state index is 11.7. The fraction of sp³-hybridized carbons (Fsp3) is 0.938. The molecule has 0 unspecified atom stereocenters. The molecule has 3 nitrogen and oxygen atoms in total. The molecule has 0 heterocycles. The van der Waals surface area contributed by atoms with E-state index in [9.17, 15) is 4.79 Å². The summed E-state index contributed by atoms with van der Waals surface area (Å²) < 4.78 is 5.34. The third-order valence-electron chi connectivity index (χ3n) is 4.02. The molecule has 1 aliphatic rings. The molecule has 0 bridgehead atoms. The Hall–Kier alpha value is -0.570. The van der Waals surface area contributed by atoms with E-state index >= 15 is 0 Å². The highest BCUT2D eigenvalue weighted by Gasteiger charge is 2.29. The fourth-order valence-corrected chi connectivity index (χ4v) is 2.67. The molecule has 0 spiro atoms. The van der Waals surface area contributed by atoms with E-state index in [1.165, 1.54) is 25.7 Å². The van der Waals surface area contributed by atoms with Crippen LogP contribution in [0.5, 0.6) is 0 Å². The molecule has 0 N–H and O–H groups in total. The molecule has 0 saturated heterocycles. The molecule has 0 atom stereocenters. The minimum Gasteiger partial charge on any atom is -0.460 e. The van der Waals surface area contributed by atoms with Gasteiger partial charge in [0.25, 0.3) is 0 Å². The molecular weight excluding hydrogens is 238 g/mol. The zero-order valence-electron chi connectivity index (χ0n) is 13.6. The first kappa shape index (κ1) is 16.5. The first-order chi connectivity index (χ1) is 8.59. The lowest BCUT2D eigenvalue weighted by molar-refractivity contribution is -0.155. The van der Waals surface area contributed by atoms with Crippen LogP contribution in [0.4, 0.5) is 0 Å². The molecule has 0 aromatic heterocycles. The number of ether oxygens (including phenoxy) is 1. The van der Waals surface area contributed by atoms with E-state index in [4.69, 9.17) is 4.74 Å². The van der Waals surface area contributed by atoms with E-state index in [1.54, 1.807) is 0 Å². The predicted molar refractivity (Wildman–Crippen MR) is 79.1 cm³/mol. The van der Waals surface area contributed by atoms with Gasteiger partial charge in [-0.1, -0.05) is 13.8 Å². The molecule has 19 heavy (non-hydrogen) atoms. The van der Waals surface area contributed by atoms with Crippen molar-refractivity contribution in [2.75, 3.05) is 13.6 Å². The minimum absolute atomic E-state index is 0.0875. The summed E-state index contributed by atoms with van der Waals surface area (Å²) in [4.78, 5) is 14.0. The number of carbonyl (C=O) groups excluding carboxylic acids is 1. The molecule has 0 radical (unpaired) electrons. The van der Waals surface area contributed by atoms with E-state index in [1.807, 2.05) is 20.8 Å². The largest absolute Gasteiger partial charge is 0.460 e. The van der Waals surface area contributed by atoms with Crippen molar-refractivity contribution in [2.24, 2.45) is 5.41 Å². The summed E-state index contributed by atoms with van der Waals surface area (Å²) in [5.74, 6) is -0.0875. The summed E-state index contributed by atoms with van der Waals surface area (Å²) in [7, 11) is 2.13. The predicted octanol–water partition coefficient (Wildman–Crippen LogP) is 3.62. The molecule has 0 amide bonds. The van der Waals surface area contributed by atoms with E-state index in [2.05, 4.69) is 25.8 Å². The highest BCUT2D eigenvalue weighted by molar-refractivity contribution is 5.70.